The van der Waals surface area contributed by atoms with Crippen LogP contribution in [0.2, 0.25) is 0 Å². The fourth-order valence-corrected chi connectivity index (χ4v) is 3.94. The van der Waals surface area contributed by atoms with Gasteiger partial charge in [-0.3, -0.25) is 4.79 Å². The Kier molecular flexibility index (Phi) is 5.33. The standard InChI is InChI=1S/C25H18BrFN4O/c26-18-8-6-16(7-9-18)22-14-23(17-4-2-1-3-5-17)31-24(30-22)21(15-28-31)25(32)29-20-12-10-19(27)11-13-20/h1-15,23,30H,(H,29,32). The van der Waals surface area contributed by atoms with E-state index in [4.69, 9.17) is 0 Å². The lowest BCUT2D eigenvalue weighted by atomic mass is 10.0. The SMILES string of the molecule is O=C(Nc1ccc(F)cc1)c1cnn2c1NC(c1ccc(Br)cc1)=CC2c1ccccc1. The van der Waals surface area contributed by atoms with Gasteiger partial charge in [-0.25, -0.2) is 9.07 Å². The van der Waals surface area contributed by atoms with Gasteiger partial charge < -0.3 is 10.6 Å². The molecule has 1 aliphatic rings. The van der Waals surface area contributed by atoms with Crippen molar-refractivity contribution in [2.75, 3.05) is 10.6 Å². The first-order chi connectivity index (χ1) is 15.6. The number of nitrogens with zero attached hydrogens (tertiary/aromatic N) is 2. The first kappa shape index (κ1) is 20.2. The second kappa shape index (κ2) is 8.43. The second-order valence-corrected chi connectivity index (χ2v) is 8.30. The first-order valence-electron chi connectivity index (χ1n) is 10.0. The number of nitrogens with one attached hydrogen (secondary N) is 2. The third-order valence-electron chi connectivity index (χ3n) is 5.28. The van der Waals surface area contributed by atoms with Gasteiger partial charge in [-0.05, 0) is 53.6 Å². The van der Waals surface area contributed by atoms with Crippen LogP contribution in [0.25, 0.3) is 5.70 Å². The third kappa shape index (κ3) is 3.94. The van der Waals surface area contributed by atoms with E-state index in [2.05, 4.69) is 37.7 Å². The molecule has 0 saturated heterocycles. The van der Waals surface area contributed by atoms with Crippen molar-refractivity contribution in [3.05, 3.63) is 118 Å². The number of aromatic nitrogens is 2. The molecule has 0 aliphatic carbocycles. The van der Waals surface area contributed by atoms with Crippen molar-refractivity contribution in [2.45, 2.75) is 6.04 Å². The van der Waals surface area contributed by atoms with Crippen molar-refractivity contribution in [1.29, 1.82) is 0 Å². The lowest BCUT2D eigenvalue weighted by Gasteiger charge is -2.26. The Balaban J connectivity index is 1.54. The van der Waals surface area contributed by atoms with E-state index in [9.17, 15) is 9.18 Å². The topological polar surface area (TPSA) is 59.0 Å². The summed E-state index contributed by atoms with van der Waals surface area (Å²) in [6.07, 6.45) is 3.65. The van der Waals surface area contributed by atoms with Crippen LogP contribution in [0.3, 0.4) is 0 Å². The molecular weight excluding hydrogens is 471 g/mol. The van der Waals surface area contributed by atoms with Crippen LogP contribution in [-0.2, 0) is 0 Å². The van der Waals surface area contributed by atoms with Crippen molar-refractivity contribution in [3.8, 4) is 0 Å². The van der Waals surface area contributed by atoms with E-state index < -0.39 is 0 Å². The van der Waals surface area contributed by atoms with Gasteiger partial charge in [-0.15, -0.1) is 0 Å². The zero-order valence-electron chi connectivity index (χ0n) is 16.8. The number of rotatable bonds is 4. The van der Waals surface area contributed by atoms with Crippen LogP contribution in [0.15, 0.2) is 95.6 Å². The normalized spacial score (nSPS) is 14.8. The number of carbonyl (C=O) groups is 1. The summed E-state index contributed by atoms with van der Waals surface area (Å²) in [5, 5.41) is 10.7. The summed E-state index contributed by atoms with van der Waals surface area (Å²) in [5.41, 5.74) is 3.84. The predicted octanol–water partition coefficient (Wildman–Crippen LogP) is 6.09. The van der Waals surface area contributed by atoms with E-state index in [0.29, 0.717) is 17.1 Å². The Morgan fingerprint density at radius 1 is 1.00 bits per heavy atom. The highest BCUT2D eigenvalue weighted by Crippen LogP contribution is 2.35. The monoisotopic (exact) mass is 488 g/mol. The van der Waals surface area contributed by atoms with Crippen molar-refractivity contribution in [3.63, 3.8) is 0 Å². The van der Waals surface area contributed by atoms with Crippen LogP contribution in [0.4, 0.5) is 15.9 Å². The minimum Gasteiger partial charge on any atom is -0.339 e. The quantitative estimate of drug-likeness (QED) is 0.365. The van der Waals surface area contributed by atoms with E-state index >= 15 is 0 Å². The molecule has 1 aromatic heterocycles. The minimum absolute atomic E-state index is 0.182. The Hall–Kier alpha value is -3.71. The number of anilines is 2. The number of hydrogen-bond donors (Lipinski definition) is 2. The fraction of sp³-hybridized carbons (Fsp3) is 0.0400. The van der Waals surface area contributed by atoms with E-state index in [1.165, 1.54) is 24.3 Å². The van der Waals surface area contributed by atoms with Crippen LogP contribution in [0, 0.1) is 5.82 Å². The van der Waals surface area contributed by atoms with E-state index in [1.807, 2.05) is 54.6 Å². The summed E-state index contributed by atoms with van der Waals surface area (Å²) in [7, 11) is 0. The molecule has 0 bridgehead atoms. The maximum Gasteiger partial charge on any atom is 0.261 e. The van der Waals surface area contributed by atoms with Crippen LogP contribution in [0.5, 0.6) is 0 Å². The van der Waals surface area contributed by atoms with Gasteiger partial charge in [0, 0.05) is 15.9 Å². The number of benzene rings is 3. The molecule has 158 valence electrons. The molecule has 0 saturated carbocycles. The Morgan fingerprint density at radius 3 is 2.44 bits per heavy atom. The largest absolute Gasteiger partial charge is 0.339 e. The molecule has 0 fully saturated rings. The molecular formula is C25H18BrFN4O. The highest BCUT2D eigenvalue weighted by atomic mass is 79.9. The molecule has 32 heavy (non-hydrogen) atoms. The zero-order chi connectivity index (χ0) is 22.1. The summed E-state index contributed by atoms with van der Waals surface area (Å²) in [4.78, 5) is 13.0. The van der Waals surface area contributed by atoms with Gasteiger partial charge >= 0.3 is 0 Å². The number of hydrogen-bond acceptors (Lipinski definition) is 3. The number of halogens is 2. The molecule has 1 aliphatic heterocycles. The van der Waals surface area contributed by atoms with E-state index in [1.54, 1.807) is 10.9 Å². The summed E-state index contributed by atoms with van der Waals surface area (Å²) < 4.78 is 16.0. The Morgan fingerprint density at radius 2 is 1.72 bits per heavy atom. The van der Waals surface area contributed by atoms with E-state index in [0.717, 1.165) is 21.3 Å². The highest BCUT2D eigenvalue weighted by molar-refractivity contribution is 9.10. The molecule has 4 aromatic rings. The van der Waals surface area contributed by atoms with Crippen LogP contribution in [0.1, 0.15) is 27.5 Å². The summed E-state index contributed by atoms with van der Waals surface area (Å²) >= 11 is 3.47. The van der Waals surface area contributed by atoms with Crippen molar-refractivity contribution < 1.29 is 9.18 Å². The average molecular weight is 489 g/mol. The molecule has 0 radical (unpaired) electrons. The van der Waals surface area contributed by atoms with Crippen LogP contribution >= 0.6 is 15.9 Å². The molecule has 3 aromatic carbocycles. The smallest absolute Gasteiger partial charge is 0.261 e. The molecule has 2 heterocycles. The van der Waals surface area contributed by atoms with Crippen molar-refractivity contribution in [1.82, 2.24) is 9.78 Å². The van der Waals surface area contributed by atoms with Crippen molar-refractivity contribution >= 4 is 39.0 Å². The Labute approximate surface area is 192 Å². The summed E-state index contributed by atoms with van der Waals surface area (Å²) in [5.74, 6) is -0.0873. The molecule has 1 unspecified atom stereocenters. The Bertz CT molecular complexity index is 1300. The van der Waals surface area contributed by atoms with E-state index in [-0.39, 0.29) is 17.8 Å². The second-order valence-electron chi connectivity index (χ2n) is 7.38. The summed E-state index contributed by atoms with van der Waals surface area (Å²) in [6.45, 7) is 0. The fourth-order valence-electron chi connectivity index (χ4n) is 3.68. The van der Waals surface area contributed by atoms with Crippen LogP contribution < -0.4 is 10.6 Å². The molecule has 2 N–H and O–H groups in total. The maximum absolute atomic E-state index is 13.2. The van der Waals surface area contributed by atoms with Crippen molar-refractivity contribution in [2.24, 2.45) is 0 Å². The van der Waals surface area contributed by atoms with Gasteiger partial charge in [-0.2, -0.15) is 5.10 Å². The van der Waals surface area contributed by atoms with Gasteiger partial charge in [0.2, 0.25) is 0 Å². The molecule has 1 atom stereocenters. The number of fused-ring (bicyclic) bond motifs is 1. The maximum atomic E-state index is 13.2. The average Bonchev–Trinajstić information content (AvgIpc) is 3.25. The lowest BCUT2D eigenvalue weighted by molar-refractivity contribution is 0.102. The van der Waals surface area contributed by atoms with Gasteiger partial charge in [-0.1, -0.05) is 58.4 Å². The molecule has 5 rings (SSSR count). The molecule has 7 heteroatoms. The van der Waals surface area contributed by atoms with Crippen LogP contribution in [-0.4, -0.2) is 15.7 Å². The zero-order valence-corrected chi connectivity index (χ0v) is 18.4. The van der Waals surface area contributed by atoms with Gasteiger partial charge in [0.15, 0.2) is 0 Å². The highest BCUT2D eigenvalue weighted by Gasteiger charge is 2.27. The molecule has 1 amide bonds. The van der Waals surface area contributed by atoms with Gasteiger partial charge in [0.1, 0.15) is 17.2 Å². The molecule has 0 spiro atoms. The molecule has 5 nitrogen and oxygen atoms in total. The number of carbonyl (C=O) groups excluding carboxylic acids is 1. The number of amides is 1. The number of allylic oxidation sites excluding steroid dienone is 1. The summed E-state index contributed by atoms with van der Waals surface area (Å²) in [6, 6.07) is 23.5. The minimum atomic E-state index is -0.359. The predicted molar refractivity (Wildman–Crippen MR) is 127 cm³/mol. The lowest BCUT2D eigenvalue weighted by Crippen LogP contribution is -2.22. The third-order valence-corrected chi connectivity index (χ3v) is 5.81. The van der Waals surface area contributed by atoms with Gasteiger partial charge in [0.25, 0.3) is 5.91 Å². The first-order valence-corrected chi connectivity index (χ1v) is 10.8. The van der Waals surface area contributed by atoms with Gasteiger partial charge in [0.05, 0.1) is 12.2 Å².